The van der Waals surface area contributed by atoms with Gasteiger partial charge in [-0.15, -0.1) is 0 Å². The van der Waals surface area contributed by atoms with Gasteiger partial charge in [0.05, 0.1) is 0 Å². The summed E-state index contributed by atoms with van der Waals surface area (Å²) in [5.41, 5.74) is 5.80. The van der Waals surface area contributed by atoms with Crippen molar-refractivity contribution in [3.05, 3.63) is 12.1 Å². The first-order valence-electron chi connectivity index (χ1n) is 8.01. The van der Waals surface area contributed by atoms with Crippen molar-refractivity contribution in [1.29, 1.82) is 0 Å². The number of nitrogen functional groups attached to an aromatic ring is 1. The lowest BCUT2D eigenvalue weighted by Crippen LogP contribution is -2.51. The number of piperidine rings is 1. The maximum Gasteiger partial charge on any atom is 0.269 e. The first kappa shape index (κ1) is 15.1. The Hall–Kier alpha value is -1.82. The molecule has 1 aromatic heterocycles. The number of hydrogen-bond acceptors (Lipinski definition) is 5. The number of fused-ring (bicyclic) bond motifs is 1. The Labute approximate surface area is 131 Å². The number of hydrogen-bond donors (Lipinski definition) is 2. The number of ether oxygens (including phenoxy) is 1. The van der Waals surface area contributed by atoms with Crippen molar-refractivity contribution >= 4 is 17.5 Å². The third-order valence-electron chi connectivity index (χ3n) is 4.33. The summed E-state index contributed by atoms with van der Waals surface area (Å²) in [5.74, 6) is 2.17. The van der Waals surface area contributed by atoms with Gasteiger partial charge in [-0.25, -0.2) is 4.98 Å². The van der Waals surface area contributed by atoms with E-state index in [-0.39, 0.29) is 11.8 Å². The van der Waals surface area contributed by atoms with Crippen LogP contribution < -0.4 is 20.7 Å². The lowest BCUT2D eigenvalue weighted by molar-refractivity contribution is -0.128. The molecule has 0 radical (unpaired) electrons. The molecule has 3 heterocycles. The van der Waals surface area contributed by atoms with E-state index in [2.05, 4.69) is 10.3 Å². The molecule has 3 rings (SSSR count). The predicted molar refractivity (Wildman–Crippen MR) is 85.9 cm³/mol. The summed E-state index contributed by atoms with van der Waals surface area (Å²) < 4.78 is 5.86. The van der Waals surface area contributed by atoms with Crippen molar-refractivity contribution < 1.29 is 9.53 Å². The van der Waals surface area contributed by atoms with Crippen LogP contribution in [0.4, 0.5) is 11.6 Å². The molecule has 1 aromatic rings. The molecule has 0 bridgehead atoms. The third kappa shape index (κ3) is 2.88. The summed E-state index contributed by atoms with van der Waals surface area (Å²) in [4.78, 5) is 18.9. The molecule has 2 aliphatic rings. The van der Waals surface area contributed by atoms with Crippen molar-refractivity contribution in [3.8, 4) is 5.75 Å². The normalized spacial score (nSPS) is 25.0. The van der Waals surface area contributed by atoms with Gasteiger partial charge in [0.15, 0.2) is 17.7 Å². The Morgan fingerprint density at radius 2 is 2.32 bits per heavy atom. The molecule has 3 N–H and O–H groups in total. The van der Waals surface area contributed by atoms with Crippen molar-refractivity contribution in [3.63, 3.8) is 0 Å². The first-order chi connectivity index (χ1) is 10.6. The summed E-state index contributed by atoms with van der Waals surface area (Å²) in [6, 6.07) is 3.53. The molecular formula is C16H24N4O2. The van der Waals surface area contributed by atoms with E-state index in [4.69, 9.17) is 10.5 Å². The van der Waals surface area contributed by atoms with E-state index in [1.807, 2.05) is 19.9 Å². The van der Waals surface area contributed by atoms with Crippen LogP contribution in [0.3, 0.4) is 0 Å². The van der Waals surface area contributed by atoms with Gasteiger partial charge in [0.1, 0.15) is 5.82 Å². The largest absolute Gasteiger partial charge is 0.476 e. The van der Waals surface area contributed by atoms with Crippen molar-refractivity contribution in [2.45, 2.75) is 32.8 Å². The number of pyridine rings is 1. The number of nitrogens with zero attached hydrogens (tertiary/aromatic N) is 2. The number of rotatable bonds is 3. The zero-order valence-corrected chi connectivity index (χ0v) is 13.2. The fraction of sp³-hybridized carbons (Fsp3) is 0.625. The van der Waals surface area contributed by atoms with Crippen LogP contribution in [-0.2, 0) is 4.79 Å². The quantitative estimate of drug-likeness (QED) is 0.882. The summed E-state index contributed by atoms with van der Waals surface area (Å²) >= 11 is 0. The van der Waals surface area contributed by atoms with E-state index in [0.717, 1.165) is 25.9 Å². The third-order valence-corrected chi connectivity index (χ3v) is 4.33. The average Bonchev–Trinajstić information content (AvgIpc) is 2.51. The molecule has 0 aliphatic carbocycles. The minimum absolute atomic E-state index is 0.00817. The van der Waals surface area contributed by atoms with E-state index in [9.17, 15) is 4.79 Å². The van der Waals surface area contributed by atoms with Crippen LogP contribution in [0.25, 0.3) is 0 Å². The predicted octanol–water partition coefficient (Wildman–Crippen LogP) is 1.41. The Balaban J connectivity index is 1.90. The van der Waals surface area contributed by atoms with Crippen LogP contribution in [0.2, 0.25) is 0 Å². The molecule has 6 heteroatoms. The van der Waals surface area contributed by atoms with Crippen LogP contribution in [0.15, 0.2) is 12.1 Å². The number of aromatic nitrogens is 1. The zero-order valence-electron chi connectivity index (χ0n) is 13.2. The Kier molecular flexibility index (Phi) is 4.20. The van der Waals surface area contributed by atoms with Crippen LogP contribution in [0, 0.1) is 11.8 Å². The van der Waals surface area contributed by atoms with Crippen molar-refractivity contribution in [2.75, 3.05) is 30.3 Å². The molecule has 0 saturated carbocycles. The Bertz CT molecular complexity index is 555. The van der Waals surface area contributed by atoms with Gasteiger partial charge in [-0.1, -0.05) is 13.8 Å². The Morgan fingerprint density at radius 3 is 3.00 bits per heavy atom. The van der Waals surface area contributed by atoms with Gasteiger partial charge in [-0.2, -0.15) is 0 Å². The molecule has 2 aliphatic heterocycles. The molecule has 6 nitrogen and oxygen atoms in total. The number of carbonyl (C=O) groups is 1. The monoisotopic (exact) mass is 304 g/mol. The molecule has 2 atom stereocenters. The summed E-state index contributed by atoms with van der Waals surface area (Å²) in [6.07, 6.45) is 1.82. The van der Waals surface area contributed by atoms with E-state index < -0.39 is 6.10 Å². The molecule has 2 unspecified atom stereocenters. The van der Waals surface area contributed by atoms with Crippen LogP contribution in [-0.4, -0.2) is 36.6 Å². The summed E-state index contributed by atoms with van der Waals surface area (Å²) in [7, 11) is 0. The standard InChI is InChI=1S/C16H24N4O2/c1-10(2)14-16(21)20(9-11-4-3-7-18-8-11)15-12(22-14)5-6-13(17)19-15/h5-6,10-11,14,18H,3-4,7-9H2,1-2H3,(H2,17,19). The molecule has 1 amide bonds. The smallest absolute Gasteiger partial charge is 0.269 e. The second kappa shape index (κ2) is 6.12. The van der Waals surface area contributed by atoms with Crippen LogP contribution >= 0.6 is 0 Å². The topological polar surface area (TPSA) is 80.5 Å². The number of amides is 1. The lowest BCUT2D eigenvalue weighted by atomic mass is 9.97. The number of carbonyl (C=O) groups excluding carboxylic acids is 1. The van der Waals surface area contributed by atoms with Gasteiger partial charge < -0.3 is 15.8 Å². The van der Waals surface area contributed by atoms with Crippen molar-refractivity contribution in [1.82, 2.24) is 10.3 Å². The van der Waals surface area contributed by atoms with Gasteiger partial charge in [-0.3, -0.25) is 9.69 Å². The number of anilines is 2. The van der Waals surface area contributed by atoms with E-state index >= 15 is 0 Å². The highest BCUT2D eigenvalue weighted by molar-refractivity contribution is 5.99. The average molecular weight is 304 g/mol. The number of nitrogens with one attached hydrogen (secondary N) is 1. The molecule has 1 saturated heterocycles. The molecule has 120 valence electrons. The maximum absolute atomic E-state index is 12.8. The fourth-order valence-electron chi connectivity index (χ4n) is 3.12. The van der Waals surface area contributed by atoms with Gasteiger partial charge >= 0.3 is 0 Å². The second-order valence-electron chi connectivity index (χ2n) is 6.50. The Morgan fingerprint density at radius 1 is 1.50 bits per heavy atom. The highest BCUT2D eigenvalue weighted by Crippen LogP contribution is 2.35. The van der Waals surface area contributed by atoms with Gasteiger partial charge in [0.25, 0.3) is 5.91 Å². The maximum atomic E-state index is 12.8. The van der Waals surface area contributed by atoms with Crippen LogP contribution in [0.1, 0.15) is 26.7 Å². The van der Waals surface area contributed by atoms with Gasteiger partial charge in [0, 0.05) is 6.54 Å². The molecular weight excluding hydrogens is 280 g/mol. The molecule has 1 fully saturated rings. The lowest BCUT2D eigenvalue weighted by Gasteiger charge is -2.37. The van der Waals surface area contributed by atoms with E-state index in [0.29, 0.717) is 29.8 Å². The molecule has 0 aromatic carbocycles. The minimum Gasteiger partial charge on any atom is -0.476 e. The van der Waals surface area contributed by atoms with Gasteiger partial charge in [-0.05, 0) is 49.9 Å². The fourth-order valence-corrected chi connectivity index (χ4v) is 3.12. The SMILES string of the molecule is CC(C)C1Oc2ccc(N)nc2N(CC2CCCNC2)C1=O. The summed E-state index contributed by atoms with van der Waals surface area (Å²) in [6.45, 7) is 6.66. The van der Waals surface area contributed by atoms with E-state index in [1.165, 1.54) is 0 Å². The highest BCUT2D eigenvalue weighted by Gasteiger charge is 2.38. The minimum atomic E-state index is -0.450. The highest BCUT2D eigenvalue weighted by atomic mass is 16.5. The first-order valence-corrected chi connectivity index (χ1v) is 8.01. The van der Waals surface area contributed by atoms with Gasteiger partial charge in [0.2, 0.25) is 0 Å². The molecule has 0 spiro atoms. The second-order valence-corrected chi connectivity index (χ2v) is 6.50. The van der Waals surface area contributed by atoms with Crippen molar-refractivity contribution in [2.24, 2.45) is 11.8 Å². The summed E-state index contributed by atoms with van der Waals surface area (Å²) in [5, 5.41) is 3.39. The zero-order chi connectivity index (χ0) is 15.7. The van der Waals surface area contributed by atoms with E-state index in [1.54, 1.807) is 11.0 Å². The number of nitrogens with two attached hydrogens (primary N) is 1. The van der Waals surface area contributed by atoms with Crippen LogP contribution in [0.5, 0.6) is 5.75 Å². The molecule has 22 heavy (non-hydrogen) atoms.